The highest BCUT2D eigenvalue weighted by molar-refractivity contribution is 5.68. The molecule has 1 aromatic rings. The molecule has 1 amide bonds. The average Bonchev–Trinajstić information content (AvgIpc) is 2.83. The number of rotatable bonds is 3. The van der Waals surface area contributed by atoms with Crippen molar-refractivity contribution in [2.75, 3.05) is 13.1 Å². The van der Waals surface area contributed by atoms with E-state index in [4.69, 9.17) is 4.74 Å². The van der Waals surface area contributed by atoms with Crippen molar-refractivity contribution in [3.05, 3.63) is 35.9 Å². The van der Waals surface area contributed by atoms with Gasteiger partial charge >= 0.3 is 6.09 Å². The number of hydrogen-bond acceptors (Lipinski definition) is 3. The van der Waals surface area contributed by atoms with Crippen molar-refractivity contribution in [1.29, 1.82) is 0 Å². The molecule has 21 heavy (non-hydrogen) atoms. The molecule has 3 rings (SSSR count). The number of hydrogen-bond donors (Lipinski definition) is 1. The van der Waals surface area contributed by atoms with Crippen LogP contribution in [0, 0.1) is 11.8 Å². The molecule has 1 aromatic carbocycles. The van der Waals surface area contributed by atoms with Gasteiger partial charge in [0.15, 0.2) is 0 Å². The molecule has 2 aliphatic rings. The van der Waals surface area contributed by atoms with E-state index in [1.807, 2.05) is 26.8 Å². The first-order valence-electron chi connectivity index (χ1n) is 7.68. The zero-order chi connectivity index (χ0) is 15.0. The Labute approximate surface area is 126 Å². The molecule has 4 heteroatoms. The lowest BCUT2D eigenvalue weighted by molar-refractivity contribution is 0.0513. The highest BCUT2D eigenvalue weighted by atomic mass is 16.6. The monoisotopic (exact) mass is 288 g/mol. The fraction of sp³-hybridized carbons (Fsp3) is 0.588. The van der Waals surface area contributed by atoms with E-state index in [2.05, 4.69) is 34.5 Å². The number of carbonyl (C=O) groups excluding carboxylic acids is 1. The highest BCUT2D eigenvalue weighted by Crippen LogP contribution is 2.45. The number of piperidine rings is 1. The summed E-state index contributed by atoms with van der Waals surface area (Å²) in [7, 11) is 0. The summed E-state index contributed by atoms with van der Waals surface area (Å²) in [4.78, 5) is 14.2. The van der Waals surface area contributed by atoms with Crippen molar-refractivity contribution in [3.8, 4) is 0 Å². The van der Waals surface area contributed by atoms with E-state index in [0.717, 1.165) is 19.6 Å². The lowest BCUT2D eigenvalue weighted by Gasteiger charge is -2.22. The number of nitrogens with zero attached hydrogens (tertiary/aromatic N) is 1. The zero-order valence-corrected chi connectivity index (χ0v) is 13.0. The van der Waals surface area contributed by atoms with Crippen LogP contribution in [0.1, 0.15) is 26.3 Å². The first kappa shape index (κ1) is 14.4. The lowest BCUT2D eigenvalue weighted by Crippen LogP contribution is -2.38. The topological polar surface area (TPSA) is 41.6 Å². The minimum Gasteiger partial charge on any atom is -0.444 e. The second kappa shape index (κ2) is 5.34. The molecule has 0 bridgehead atoms. The Kier molecular flexibility index (Phi) is 3.66. The van der Waals surface area contributed by atoms with E-state index < -0.39 is 5.60 Å². The predicted octanol–water partition coefficient (Wildman–Crippen LogP) is 2.64. The van der Waals surface area contributed by atoms with Gasteiger partial charge in [-0.1, -0.05) is 30.3 Å². The first-order chi connectivity index (χ1) is 9.92. The van der Waals surface area contributed by atoms with Crippen molar-refractivity contribution in [2.24, 2.45) is 11.8 Å². The molecule has 0 aromatic heterocycles. The van der Waals surface area contributed by atoms with Gasteiger partial charge in [0.05, 0.1) is 0 Å². The summed E-state index contributed by atoms with van der Waals surface area (Å²) in [6.45, 7) is 8.82. The Morgan fingerprint density at radius 1 is 1.24 bits per heavy atom. The molecule has 0 radical (unpaired) electrons. The third kappa shape index (κ3) is 3.56. The standard InChI is InChI=1S/C17H24N2O2/c1-17(2,3)21-16(20)18-15-13-10-19(11-14(13)15)9-12-7-5-4-6-8-12/h4-8,13-15H,9-11H2,1-3H3,(H,18,20)/t13-,14-/m1/s1. The largest absolute Gasteiger partial charge is 0.444 e. The Bertz CT molecular complexity index is 497. The van der Waals surface area contributed by atoms with Gasteiger partial charge in [-0.25, -0.2) is 4.79 Å². The van der Waals surface area contributed by atoms with Crippen LogP contribution in [0.5, 0.6) is 0 Å². The molecule has 4 nitrogen and oxygen atoms in total. The lowest BCUT2D eigenvalue weighted by atomic mass is 10.2. The van der Waals surface area contributed by atoms with Crippen molar-refractivity contribution < 1.29 is 9.53 Å². The maximum Gasteiger partial charge on any atom is 0.407 e. The van der Waals surface area contributed by atoms with Gasteiger partial charge in [0.2, 0.25) is 0 Å². The van der Waals surface area contributed by atoms with Gasteiger partial charge in [0, 0.05) is 25.7 Å². The number of ether oxygens (including phenoxy) is 1. The van der Waals surface area contributed by atoms with Gasteiger partial charge in [-0.15, -0.1) is 0 Å². The van der Waals surface area contributed by atoms with Crippen LogP contribution in [-0.4, -0.2) is 35.7 Å². The van der Waals surface area contributed by atoms with E-state index in [1.165, 1.54) is 5.56 Å². The maximum absolute atomic E-state index is 11.8. The highest BCUT2D eigenvalue weighted by Gasteiger charge is 2.56. The normalized spacial score (nSPS) is 28.0. The van der Waals surface area contributed by atoms with Crippen LogP contribution in [0.4, 0.5) is 4.79 Å². The Hall–Kier alpha value is -1.55. The molecule has 1 aliphatic carbocycles. The number of fused-ring (bicyclic) bond motifs is 1. The van der Waals surface area contributed by atoms with Crippen LogP contribution in [0.3, 0.4) is 0 Å². The van der Waals surface area contributed by atoms with Crippen LogP contribution < -0.4 is 5.32 Å². The van der Waals surface area contributed by atoms with Gasteiger partial charge in [0.25, 0.3) is 0 Å². The van der Waals surface area contributed by atoms with Gasteiger partial charge in [-0.2, -0.15) is 0 Å². The summed E-state index contributed by atoms with van der Waals surface area (Å²) < 4.78 is 5.31. The second-order valence-corrected chi connectivity index (χ2v) is 7.18. The molecule has 0 unspecified atom stereocenters. The minimum absolute atomic E-state index is 0.281. The number of carbonyl (C=O) groups is 1. The summed E-state index contributed by atoms with van der Waals surface area (Å²) in [5, 5.41) is 3.01. The molecule has 114 valence electrons. The number of benzene rings is 1. The summed E-state index contributed by atoms with van der Waals surface area (Å²) in [6.07, 6.45) is -0.281. The number of likely N-dealkylation sites (tertiary alicyclic amines) is 1. The van der Waals surface area contributed by atoms with Crippen LogP contribution in [0.25, 0.3) is 0 Å². The molecule has 0 spiro atoms. The minimum atomic E-state index is -0.423. The van der Waals surface area contributed by atoms with Crippen molar-refractivity contribution in [3.63, 3.8) is 0 Å². The zero-order valence-electron chi connectivity index (χ0n) is 13.0. The van der Waals surface area contributed by atoms with E-state index >= 15 is 0 Å². The van der Waals surface area contributed by atoms with E-state index in [0.29, 0.717) is 17.9 Å². The van der Waals surface area contributed by atoms with Gasteiger partial charge < -0.3 is 10.1 Å². The molecule has 1 aliphatic heterocycles. The quantitative estimate of drug-likeness (QED) is 0.929. The van der Waals surface area contributed by atoms with Crippen LogP contribution >= 0.6 is 0 Å². The second-order valence-electron chi connectivity index (χ2n) is 7.18. The summed E-state index contributed by atoms with van der Waals surface area (Å²) in [6, 6.07) is 10.9. The van der Waals surface area contributed by atoms with Crippen molar-refractivity contribution >= 4 is 6.09 Å². The fourth-order valence-corrected chi connectivity index (χ4v) is 3.24. The summed E-state index contributed by atoms with van der Waals surface area (Å²) in [5.74, 6) is 1.20. The Balaban J connectivity index is 1.43. The average molecular weight is 288 g/mol. The summed E-state index contributed by atoms with van der Waals surface area (Å²) >= 11 is 0. The molecule has 1 N–H and O–H groups in total. The predicted molar refractivity (Wildman–Crippen MR) is 81.9 cm³/mol. The van der Waals surface area contributed by atoms with Crippen molar-refractivity contribution in [1.82, 2.24) is 10.2 Å². The molecule has 2 atom stereocenters. The SMILES string of the molecule is CC(C)(C)OC(=O)NC1[C@@H]2CN(Cc3ccccc3)C[C@@H]12. The molecule has 1 heterocycles. The van der Waals surface area contributed by atoms with Gasteiger partial charge in [0.1, 0.15) is 5.60 Å². The smallest absolute Gasteiger partial charge is 0.407 e. The molecular weight excluding hydrogens is 264 g/mol. The molecule has 1 saturated carbocycles. The first-order valence-corrected chi connectivity index (χ1v) is 7.68. The van der Waals surface area contributed by atoms with E-state index in [-0.39, 0.29) is 6.09 Å². The van der Waals surface area contributed by atoms with Crippen LogP contribution in [0.15, 0.2) is 30.3 Å². The van der Waals surface area contributed by atoms with Crippen LogP contribution in [0.2, 0.25) is 0 Å². The van der Waals surface area contributed by atoms with Gasteiger partial charge in [-0.3, -0.25) is 4.90 Å². The third-order valence-electron chi connectivity index (χ3n) is 4.20. The van der Waals surface area contributed by atoms with E-state index in [9.17, 15) is 4.79 Å². The Morgan fingerprint density at radius 3 is 2.43 bits per heavy atom. The molecule has 2 fully saturated rings. The van der Waals surface area contributed by atoms with Crippen LogP contribution in [-0.2, 0) is 11.3 Å². The van der Waals surface area contributed by atoms with Crippen molar-refractivity contribution in [2.45, 2.75) is 39.0 Å². The maximum atomic E-state index is 11.8. The third-order valence-corrected chi connectivity index (χ3v) is 4.20. The van der Waals surface area contributed by atoms with E-state index in [1.54, 1.807) is 0 Å². The molecular formula is C17H24N2O2. The summed E-state index contributed by atoms with van der Waals surface area (Å²) in [5.41, 5.74) is 0.934. The van der Waals surface area contributed by atoms with Gasteiger partial charge in [-0.05, 0) is 38.2 Å². The Morgan fingerprint density at radius 2 is 1.86 bits per heavy atom. The fourth-order valence-electron chi connectivity index (χ4n) is 3.24. The number of nitrogens with one attached hydrogen (secondary N) is 1. The molecule has 1 saturated heterocycles. The number of alkyl carbamates (subject to hydrolysis) is 1. The number of amides is 1.